The number of rotatable bonds is 15. The molecule has 25 heavy (non-hydrogen) atoms. The van der Waals surface area contributed by atoms with Gasteiger partial charge in [0.2, 0.25) is 5.91 Å². The average Bonchev–Trinajstić information content (AvgIpc) is 2.59. The lowest BCUT2D eigenvalue weighted by Gasteiger charge is -2.15. The minimum absolute atomic E-state index is 0.0278. The molecule has 0 aliphatic heterocycles. The molecule has 1 amide bonds. The molecule has 0 bridgehead atoms. The first-order valence-corrected chi connectivity index (χ1v) is 9.67. The van der Waals surface area contributed by atoms with E-state index in [1.807, 2.05) is 0 Å². The number of aliphatic hydroxyl groups excluding tert-OH is 2. The van der Waals surface area contributed by atoms with E-state index in [1.54, 1.807) is 7.05 Å². The van der Waals surface area contributed by atoms with E-state index in [1.165, 1.54) is 49.8 Å². The molecule has 6 nitrogen and oxygen atoms in total. The van der Waals surface area contributed by atoms with Gasteiger partial charge >= 0.3 is 5.97 Å². The van der Waals surface area contributed by atoms with Gasteiger partial charge in [0.1, 0.15) is 0 Å². The molecule has 0 atom stereocenters. The van der Waals surface area contributed by atoms with Gasteiger partial charge in [0.15, 0.2) is 0 Å². The van der Waals surface area contributed by atoms with Crippen molar-refractivity contribution < 1.29 is 24.9 Å². The first-order valence-electron chi connectivity index (χ1n) is 9.67. The molecule has 0 aliphatic carbocycles. The highest BCUT2D eigenvalue weighted by Gasteiger charge is 2.09. The van der Waals surface area contributed by atoms with E-state index in [-0.39, 0.29) is 25.5 Å². The number of carbonyl (C=O) groups excluding carboxylic acids is 1. The van der Waals surface area contributed by atoms with Gasteiger partial charge in [0.05, 0.1) is 6.42 Å². The maximum absolute atomic E-state index is 11.7. The molecular weight excluding hydrogens is 322 g/mol. The summed E-state index contributed by atoms with van der Waals surface area (Å²) in [5.74, 6) is -0.790. The van der Waals surface area contributed by atoms with Gasteiger partial charge in [-0.2, -0.15) is 0 Å². The number of carboxylic acids is 1. The SMILES string of the molecule is CCCCCCCCCCCC(=O)N(C)CCC(=O)O.OCCCO. The quantitative estimate of drug-likeness (QED) is 0.389. The predicted molar refractivity (Wildman–Crippen MR) is 101 cm³/mol. The minimum atomic E-state index is -0.854. The normalized spacial score (nSPS) is 10.1. The van der Waals surface area contributed by atoms with Crippen LogP contribution < -0.4 is 0 Å². The fourth-order valence-corrected chi connectivity index (χ4v) is 2.24. The second kappa shape index (κ2) is 20.9. The Kier molecular flexibility index (Phi) is 21.8. The zero-order chi connectivity index (χ0) is 19.3. The number of nitrogens with zero attached hydrogens (tertiary/aromatic N) is 1. The molecule has 0 unspecified atom stereocenters. The predicted octanol–water partition coefficient (Wildman–Crippen LogP) is 3.20. The summed E-state index contributed by atoms with van der Waals surface area (Å²) in [6.45, 7) is 2.73. The Bertz CT molecular complexity index is 308. The van der Waals surface area contributed by atoms with Crippen molar-refractivity contribution in [2.45, 2.75) is 84.0 Å². The van der Waals surface area contributed by atoms with E-state index in [0.717, 1.165) is 12.8 Å². The van der Waals surface area contributed by atoms with Gasteiger partial charge in [0.25, 0.3) is 0 Å². The maximum Gasteiger partial charge on any atom is 0.305 e. The number of aliphatic carboxylic acids is 1. The highest BCUT2D eigenvalue weighted by molar-refractivity contribution is 5.76. The van der Waals surface area contributed by atoms with E-state index in [4.69, 9.17) is 15.3 Å². The smallest absolute Gasteiger partial charge is 0.305 e. The number of carboxylic acid groups (broad SMARTS) is 1. The van der Waals surface area contributed by atoms with E-state index in [0.29, 0.717) is 19.4 Å². The summed E-state index contributed by atoms with van der Waals surface area (Å²) in [6, 6.07) is 0. The highest BCUT2D eigenvalue weighted by Crippen LogP contribution is 2.11. The molecule has 0 aromatic rings. The molecule has 0 aromatic heterocycles. The third-order valence-electron chi connectivity index (χ3n) is 3.90. The van der Waals surface area contributed by atoms with E-state index >= 15 is 0 Å². The number of carbonyl (C=O) groups is 2. The Hall–Kier alpha value is -1.14. The highest BCUT2D eigenvalue weighted by atomic mass is 16.4. The third-order valence-corrected chi connectivity index (χ3v) is 3.90. The van der Waals surface area contributed by atoms with Crippen LogP contribution in [0.4, 0.5) is 0 Å². The molecule has 150 valence electrons. The van der Waals surface area contributed by atoms with Gasteiger partial charge in [-0.1, -0.05) is 58.3 Å². The van der Waals surface area contributed by atoms with Crippen LogP contribution >= 0.6 is 0 Å². The number of aliphatic hydroxyl groups is 2. The van der Waals surface area contributed by atoms with E-state index in [2.05, 4.69) is 6.92 Å². The van der Waals surface area contributed by atoms with Crippen molar-refractivity contribution in [2.24, 2.45) is 0 Å². The van der Waals surface area contributed by atoms with Crippen LogP contribution in [0.25, 0.3) is 0 Å². The van der Waals surface area contributed by atoms with E-state index < -0.39 is 5.97 Å². The first-order chi connectivity index (χ1) is 12.0. The second-order valence-electron chi connectivity index (χ2n) is 6.34. The number of hydrogen-bond donors (Lipinski definition) is 3. The van der Waals surface area contributed by atoms with Gasteiger partial charge in [-0.15, -0.1) is 0 Å². The van der Waals surface area contributed by atoms with Crippen LogP contribution in [0.3, 0.4) is 0 Å². The summed E-state index contributed by atoms with van der Waals surface area (Å²) >= 11 is 0. The van der Waals surface area contributed by atoms with Crippen LogP contribution in [-0.4, -0.2) is 58.9 Å². The fraction of sp³-hybridized carbons (Fsp3) is 0.895. The summed E-state index contributed by atoms with van der Waals surface area (Å²) in [5, 5.41) is 24.4. The molecule has 3 N–H and O–H groups in total. The molecule has 6 heteroatoms. The molecule has 0 radical (unpaired) electrons. The third kappa shape index (κ3) is 22.9. The Morgan fingerprint density at radius 2 is 1.24 bits per heavy atom. The molecule has 0 aliphatic rings. The van der Waals surface area contributed by atoms with Crippen molar-refractivity contribution in [1.82, 2.24) is 4.90 Å². The van der Waals surface area contributed by atoms with Gasteiger partial charge in [0, 0.05) is 33.2 Å². The average molecular weight is 362 g/mol. The van der Waals surface area contributed by atoms with Crippen molar-refractivity contribution in [1.29, 1.82) is 0 Å². The maximum atomic E-state index is 11.7. The van der Waals surface area contributed by atoms with Crippen LogP contribution in [0.15, 0.2) is 0 Å². The Morgan fingerprint density at radius 3 is 1.64 bits per heavy atom. The summed E-state index contributed by atoms with van der Waals surface area (Å²) in [4.78, 5) is 23.6. The summed E-state index contributed by atoms with van der Waals surface area (Å²) in [6.07, 6.45) is 12.2. The van der Waals surface area contributed by atoms with Crippen molar-refractivity contribution in [2.75, 3.05) is 26.8 Å². The molecule has 0 saturated carbocycles. The van der Waals surface area contributed by atoms with Crippen LogP contribution in [0.5, 0.6) is 0 Å². The zero-order valence-electron chi connectivity index (χ0n) is 16.2. The van der Waals surface area contributed by atoms with Crippen molar-refractivity contribution in [3.8, 4) is 0 Å². The molecule has 0 fully saturated rings. The minimum Gasteiger partial charge on any atom is -0.481 e. The van der Waals surface area contributed by atoms with Gasteiger partial charge in [-0.25, -0.2) is 0 Å². The Morgan fingerprint density at radius 1 is 0.760 bits per heavy atom. The second-order valence-corrected chi connectivity index (χ2v) is 6.34. The molecule has 0 spiro atoms. The van der Waals surface area contributed by atoms with Gasteiger partial charge in [-0.3, -0.25) is 9.59 Å². The van der Waals surface area contributed by atoms with Gasteiger partial charge in [-0.05, 0) is 12.8 Å². The van der Waals surface area contributed by atoms with Gasteiger partial charge < -0.3 is 20.2 Å². The standard InChI is InChI=1S/C16H31NO3.C3H8O2/c1-3-4-5-6-7-8-9-10-11-12-15(18)17(2)14-13-16(19)20;4-2-1-3-5/h3-14H2,1-2H3,(H,19,20);4-5H,1-3H2. The lowest BCUT2D eigenvalue weighted by atomic mass is 10.1. The lowest BCUT2D eigenvalue weighted by molar-refractivity contribution is -0.138. The molecule has 0 rings (SSSR count). The number of unbranched alkanes of at least 4 members (excludes halogenated alkanes) is 8. The van der Waals surface area contributed by atoms with E-state index in [9.17, 15) is 9.59 Å². The summed E-state index contributed by atoms with van der Waals surface area (Å²) in [7, 11) is 1.68. The van der Waals surface area contributed by atoms with Crippen molar-refractivity contribution in [3.63, 3.8) is 0 Å². The van der Waals surface area contributed by atoms with Crippen LogP contribution in [0, 0.1) is 0 Å². The largest absolute Gasteiger partial charge is 0.481 e. The van der Waals surface area contributed by atoms with Crippen LogP contribution in [0.1, 0.15) is 84.0 Å². The summed E-state index contributed by atoms with van der Waals surface area (Å²) in [5.41, 5.74) is 0. The summed E-state index contributed by atoms with van der Waals surface area (Å²) < 4.78 is 0. The van der Waals surface area contributed by atoms with Crippen LogP contribution in [0.2, 0.25) is 0 Å². The monoisotopic (exact) mass is 361 g/mol. The molecular formula is C19H39NO5. The molecule has 0 heterocycles. The Labute approximate surface area is 153 Å². The van der Waals surface area contributed by atoms with Crippen molar-refractivity contribution in [3.05, 3.63) is 0 Å². The molecule has 0 aromatic carbocycles. The number of amides is 1. The molecule has 0 saturated heterocycles. The fourth-order valence-electron chi connectivity index (χ4n) is 2.24. The first kappa shape index (κ1) is 26.1. The lowest BCUT2D eigenvalue weighted by Crippen LogP contribution is -2.28. The zero-order valence-corrected chi connectivity index (χ0v) is 16.2. The van der Waals surface area contributed by atoms with Crippen LogP contribution in [-0.2, 0) is 9.59 Å². The Balaban J connectivity index is 0. The topological polar surface area (TPSA) is 98.1 Å². The van der Waals surface area contributed by atoms with Crippen molar-refractivity contribution >= 4 is 11.9 Å². The number of hydrogen-bond acceptors (Lipinski definition) is 4.